The minimum atomic E-state index is -0.00900. The smallest absolute Gasteiger partial charge is 0.261 e. The van der Waals surface area contributed by atoms with E-state index in [0.29, 0.717) is 23.3 Å². The molecular weight excluding hydrogens is 461 g/mol. The third-order valence-electron chi connectivity index (χ3n) is 4.52. The molecule has 0 spiro atoms. The predicted octanol–water partition coefficient (Wildman–Crippen LogP) is 4.81. The Kier molecular flexibility index (Phi) is 5.62. The second-order valence-corrected chi connectivity index (χ2v) is 7.69. The number of benzene rings is 2. The van der Waals surface area contributed by atoms with Gasteiger partial charge in [0.15, 0.2) is 0 Å². The molecular formula is C23H18IN3O. The fraction of sp³-hybridized carbons (Fsp3) is 0.0870. The fourth-order valence-electron chi connectivity index (χ4n) is 3.08. The van der Waals surface area contributed by atoms with Crippen LogP contribution in [-0.4, -0.2) is 14.5 Å². The molecule has 0 saturated heterocycles. The van der Waals surface area contributed by atoms with Gasteiger partial charge in [-0.1, -0.05) is 36.4 Å². The fourth-order valence-corrected chi connectivity index (χ4v) is 3.58. The summed E-state index contributed by atoms with van der Waals surface area (Å²) < 4.78 is 2.79. The molecule has 0 amide bonds. The predicted molar refractivity (Wildman–Crippen MR) is 122 cm³/mol. The van der Waals surface area contributed by atoms with Gasteiger partial charge in [0.1, 0.15) is 5.82 Å². The largest absolute Gasteiger partial charge is 0.292 e. The number of aryl methyl sites for hydroxylation is 1. The van der Waals surface area contributed by atoms with Crippen LogP contribution in [0.3, 0.4) is 0 Å². The third kappa shape index (κ3) is 4.20. The van der Waals surface area contributed by atoms with Gasteiger partial charge in [0.2, 0.25) is 0 Å². The second-order valence-electron chi connectivity index (χ2n) is 6.44. The van der Waals surface area contributed by atoms with Crippen molar-refractivity contribution in [2.24, 2.45) is 0 Å². The van der Waals surface area contributed by atoms with Crippen LogP contribution in [0.4, 0.5) is 0 Å². The Labute approximate surface area is 176 Å². The molecule has 0 N–H and O–H groups in total. The monoisotopic (exact) mass is 479 g/mol. The molecule has 2 aromatic heterocycles. The van der Waals surface area contributed by atoms with E-state index in [-0.39, 0.29) is 5.56 Å². The molecule has 0 aliphatic rings. The summed E-state index contributed by atoms with van der Waals surface area (Å²) in [4.78, 5) is 22.1. The Morgan fingerprint density at radius 2 is 1.86 bits per heavy atom. The van der Waals surface area contributed by atoms with E-state index in [1.165, 1.54) is 5.56 Å². The summed E-state index contributed by atoms with van der Waals surface area (Å²) in [7, 11) is 0. The summed E-state index contributed by atoms with van der Waals surface area (Å²) in [5, 5.41) is 0.651. The maximum atomic E-state index is 13.2. The van der Waals surface area contributed by atoms with Gasteiger partial charge in [-0.3, -0.25) is 14.3 Å². The van der Waals surface area contributed by atoms with Crippen LogP contribution in [0.15, 0.2) is 77.9 Å². The Morgan fingerprint density at radius 1 is 1.00 bits per heavy atom. The molecule has 0 unspecified atom stereocenters. The van der Waals surface area contributed by atoms with Crippen LogP contribution < -0.4 is 5.56 Å². The highest BCUT2D eigenvalue weighted by Gasteiger charge is 2.10. The molecule has 0 bridgehead atoms. The van der Waals surface area contributed by atoms with Gasteiger partial charge >= 0.3 is 0 Å². The molecule has 4 rings (SSSR count). The molecule has 0 radical (unpaired) electrons. The number of aromatic nitrogens is 3. The van der Waals surface area contributed by atoms with Gasteiger partial charge in [-0.25, -0.2) is 4.98 Å². The summed E-state index contributed by atoms with van der Waals surface area (Å²) in [6.07, 6.45) is 8.12. The Hall–Kier alpha value is -2.80. The molecule has 4 nitrogen and oxygen atoms in total. The third-order valence-corrected chi connectivity index (χ3v) is 5.19. The average Bonchev–Trinajstić information content (AvgIpc) is 2.74. The van der Waals surface area contributed by atoms with Gasteiger partial charge in [-0.05, 0) is 76.6 Å². The van der Waals surface area contributed by atoms with Crippen LogP contribution in [0.5, 0.6) is 0 Å². The first-order valence-electron chi connectivity index (χ1n) is 9.03. The summed E-state index contributed by atoms with van der Waals surface area (Å²) >= 11 is 2.22. The van der Waals surface area contributed by atoms with Crippen molar-refractivity contribution in [1.29, 1.82) is 0 Å². The van der Waals surface area contributed by atoms with Gasteiger partial charge < -0.3 is 0 Å². The summed E-state index contributed by atoms with van der Waals surface area (Å²) in [5.41, 5.74) is 2.87. The van der Waals surface area contributed by atoms with E-state index >= 15 is 0 Å². The molecule has 28 heavy (non-hydrogen) atoms. The van der Waals surface area contributed by atoms with E-state index in [9.17, 15) is 4.79 Å². The van der Waals surface area contributed by atoms with Crippen molar-refractivity contribution in [1.82, 2.24) is 14.5 Å². The van der Waals surface area contributed by atoms with Gasteiger partial charge in [-0.15, -0.1) is 0 Å². The number of rotatable bonds is 5. The van der Waals surface area contributed by atoms with E-state index in [1.54, 1.807) is 17.0 Å². The molecule has 2 heterocycles. The number of fused-ring (bicyclic) bond motifs is 1. The van der Waals surface area contributed by atoms with Crippen LogP contribution >= 0.6 is 22.6 Å². The summed E-state index contributed by atoms with van der Waals surface area (Å²) in [5.74, 6) is 0.651. The number of halogens is 1. The minimum absolute atomic E-state index is 0.00900. The van der Waals surface area contributed by atoms with Gasteiger partial charge in [0.05, 0.1) is 10.9 Å². The van der Waals surface area contributed by atoms with Gasteiger partial charge in [0.25, 0.3) is 5.56 Å². The molecule has 0 fully saturated rings. The topological polar surface area (TPSA) is 47.8 Å². The molecule has 0 aliphatic heterocycles. The zero-order valence-corrected chi connectivity index (χ0v) is 17.3. The van der Waals surface area contributed by atoms with Crippen molar-refractivity contribution in [3.63, 3.8) is 0 Å². The first-order valence-corrected chi connectivity index (χ1v) is 10.1. The van der Waals surface area contributed by atoms with Crippen molar-refractivity contribution < 1.29 is 0 Å². The highest BCUT2D eigenvalue weighted by molar-refractivity contribution is 14.1. The molecule has 138 valence electrons. The lowest BCUT2D eigenvalue weighted by Crippen LogP contribution is -2.25. The van der Waals surface area contributed by atoms with Crippen LogP contribution in [-0.2, 0) is 13.0 Å². The van der Waals surface area contributed by atoms with Crippen LogP contribution in [0.2, 0.25) is 0 Å². The number of hydrogen-bond acceptors (Lipinski definition) is 3. The van der Waals surface area contributed by atoms with E-state index in [0.717, 1.165) is 15.6 Å². The van der Waals surface area contributed by atoms with E-state index in [1.807, 2.05) is 60.7 Å². The number of nitrogens with zero attached hydrogens (tertiary/aromatic N) is 3. The van der Waals surface area contributed by atoms with E-state index < -0.39 is 0 Å². The first kappa shape index (κ1) is 18.6. The molecule has 5 heteroatoms. The van der Waals surface area contributed by atoms with Gasteiger partial charge in [0, 0.05) is 22.5 Å². The molecule has 4 aromatic rings. The van der Waals surface area contributed by atoms with Crippen LogP contribution in [0, 0.1) is 3.57 Å². The normalized spacial score (nSPS) is 11.3. The van der Waals surface area contributed by atoms with E-state index in [4.69, 9.17) is 4.98 Å². The standard InChI is InChI=1S/C23H18IN3O/c24-19-9-10-21-20(15-19)23(28)27(14-12-17-5-2-1-3-6-17)22(26-21)11-8-18-7-4-13-25-16-18/h1-11,13,15-16H,12,14H2/b11-8+. The maximum Gasteiger partial charge on any atom is 0.261 e. The van der Waals surface area contributed by atoms with Crippen molar-refractivity contribution in [2.75, 3.05) is 0 Å². The zero-order chi connectivity index (χ0) is 19.3. The van der Waals surface area contributed by atoms with Crippen molar-refractivity contribution in [3.8, 4) is 0 Å². The van der Waals surface area contributed by atoms with Crippen LogP contribution in [0.1, 0.15) is 17.0 Å². The molecule has 0 saturated carbocycles. The maximum absolute atomic E-state index is 13.2. The molecule has 0 atom stereocenters. The molecule has 0 aliphatic carbocycles. The first-order chi connectivity index (χ1) is 13.7. The SMILES string of the molecule is O=c1c2cc(I)ccc2nc(/C=C/c2cccnc2)n1CCc1ccccc1. The Bertz CT molecular complexity index is 1190. The summed E-state index contributed by atoms with van der Waals surface area (Å²) in [6, 6.07) is 19.8. The van der Waals surface area contributed by atoms with Crippen molar-refractivity contribution >= 4 is 45.6 Å². The zero-order valence-electron chi connectivity index (χ0n) is 15.1. The number of pyridine rings is 1. The lowest BCUT2D eigenvalue weighted by molar-refractivity contribution is 0.655. The Balaban J connectivity index is 1.78. The molecule has 2 aromatic carbocycles. The lowest BCUT2D eigenvalue weighted by Gasteiger charge is -2.12. The average molecular weight is 479 g/mol. The van der Waals surface area contributed by atoms with Crippen molar-refractivity contribution in [2.45, 2.75) is 13.0 Å². The van der Waals surface area contributed by atoms with E-state index in [2.05, 4.69) is 39.7 Å². The highest BCUT2D eigenvalue weighted by atomic mass is 127. The van der Waals surface area contributed by atoms with Crippen molar-refractivity contribution in [3.05, 3.63) is 104 Å². The number of hydrogen-bond donors (Lipinski definition) is 0. The summed E-state index contributed by atoms with van der Waals surface area (Å²) in [6.45, 7) is 0.573. The highest BCUT2D eigenvalue weighted by Crippen LogP contribution is 2.15. The minimum Gasteiger partial charge on any atom is -0.292 e. The quantitative estimate of drug-likeness (QED) is 0.386. The van der Waals surface area contributed by atoms with Gasteiger partial charge in [-0.2, -0.15) is 0 Å². The van der Waals surface area contributed by atoms with Crippen LogP contribution in [0.25, 0.3) is 23.1 Å². The second kappa shape index (κ2) is 8.48. The Morgan fingerprint density at radius 3 is 2.64 bits per heavy atom. The lowest BCUT2D eigenvalue weighted by atomic mass is 10.1.